The molecule has 0 unspecified atom stereocenters. The second-order valence-corrected chi connectivity index (χ2v) is 5.52. The lowest BCUT2D eigenvalue weighted by molar-refractivity contribution is -0.120. The molecular formula is C20H22N2O4. The van der Waals surface area contributed by atoms with Crippen molar-refractivity contribution in [2.75, 3.05) is 14.2 Å². The summed E-state index contributed by atoms with van der Waals surface area (Å²) in [6.45, 7) is 1.86. The quantitative estimate of drug-likeness (QED) is 0.800. The van der Waals surface area contributed by atoms with Crippen molar-refractivity contribution in [2.45, 2.75) is 13.0 Å². The molecule has 0 saturated carbocycles. The smallest absolute Gasteiger partial charge is 0.252 e. The lowest BCUT2D eigenvalue weighted by Gasteiger charge is -2.17. The molecule has 0 radical (unpaired) electrons. The number of hydrogen-bond acceptors (Lipinski definition) is 4. The van der Waals surface area contributed by atoms with Crippen LogP contribution in [0.2, 0.25) is 0 Å². The molecule has 0 aliphatic heterocycles. The zero-order valence-electron chi connectivity index (χ0n) is 15.0. The summed E-state index contributed by atoms with van der Waals surface area (Å²) in [4.78, 5) is 24.5. The minimum absolute atomic E-state index is 0.331. The van der Waals surface area contributed by atoms with Gasteiger partial charge in [0.25, 0.3) is 5.91 Å². The number of ether oxygens (including phenoxy) is 2. The van der Waals surface area contributed by atoms with Gasteiger partial charge in [0.15, 0.2) is 11.5 Å². The SMILES string of the molecule is C/C=C/c1cc(C(=O)N[C@@H](C(N)=O)c2ccccc2)cc(OC)c1OC. The maximum absolute atomic E-state index is 12.7. The standard InChI is InChI=1S/C20H22N2O4/c1-4-8-14-11-15(12-16(25-2)18(14)26-3)20(24)22-17(19(21)23)13-9-6-5-7-10-13/h4-12,17H,1-3H3,(H2,21,23)(H,22,24)/b8-4+/t17-/m1/s1. The summed E-state index contributed by atoms with van der Waals surface area (Å²) in [7, 11) is 3.03. The molecule has 0 spiro atoms. The maximum atomic E-state index is 12.7. The fourth-order valence-electron chi connectivity index (χ4n) is 2.61. The summed E-state index contributed by atoms with van der Waals surface area (Å²) < 4.78 is 10.7. The Hall–Kier alpha value is -3.28. The van der Waals surface area contributed by atoms with E-state index >= 15 is 0 Å². The molecular weight excluding hydrogens is 332 g/mol. The van der Waals surface area contributed by atoms with Crippen molar-refractivity contribution in [2.24, 2.45) is 5.73 Å². The van der Waals surface area contributed by atoms with Gasteiger partial charge in [-0.3, -0.25) is 9.59 Å². The summed E-state index contributed by atoms with van der Waals surface area (Å²) in [5.41, 5.74) is 7.10. The molecule has 0 saturated heterocycles. The molecule has 0 bridgehead atoms. The maximum Gasteiger partial charge on any atom is 0.252 e. The van der Waals surface area contributed by atoms with Crippen molar-refractivity contribution in [3.63, 3.8) is 0 Å². The molecule has 2 aromatic rings. The average Bonchev–Trinajstić information content (AvgIpc) is 2.65. The summed E-state index contributed by atoms with van der Waals surface area (Å²) >= 11 is 0. The van der Waals surface area contributed by atoms with E-state index in [0.717, 1.165) is 0 Å². The molecule has 2 rings (SSSR count). The second-order valence-electron chi connectivity index (χ2n) is 5.52. The Kier molecular flexibility index (Phi) is 6.38. The van der Waals surface area contributed by atoms with Gasteiger partial charge in [-0.15, -0.1) is 0 Å². The van der Waals surface area contributed by atoms with E-state index in [-0.39, 0.29) is 0 Å². The molecule has 6 heteroatoms. The van der Waals surface area contributed by atoms with Crippen molar-refractivity contribution in [1.29, 1.82) is 0 Å². The fourth-order valence-corrected chi connectivity index (χ4v) is 2.61. The van der Waals surface area contributed by atoms with Gasteiger partial charge < -0.3 is 20.5 Å². The second kappa shape index (κ2) is 8.71. The number of allylic oxidation sites excluding steroid dienone is 1. The molecule has 0 heterocycles. The topological polar surface area (TPSA) is 90.7 Å². The highest BCUT2D eigenvalue weighted by Crippen LogP contribution is 2.33. The third kappa shape index (κ3) is 4.22. The molecule has 0 aliphatic rings. The van der Waals surface area contributed by atoms with Crippen LogP contribution in [0.1, 0.15) is 34.5 Å². The van der Waals surface area contributed by atoms with Crippen LogP contribution in [0.5, 0.6) is 11.5 Å². The highest BCUT2D eigenvalue weighted by atomic mass is 16.5. The normalized spacial score (nSPS) is 11.8. The van der Waals surface area contributed by atoms with Gasteiger partial charge in [0.05, 0.1) is 14.2 Å². The van der Waals surface area contributed by atoms with Crippen molar-refractivity contribution < 1.29 is 19.1 Å². The van der Waals surface area contributed by atoms with Crippen molar-refractivity contribution >= 4 is 17.9 Å². The van der Waals surface area contributed by atoms with E-state index in [2.05, 4.69) is 5.32 Å². The van der Waals surface area contributed by atoms with Crippen molar-refractivity contribution in [3.8, 4) is 11.5 Å². The molecule has 6 nitrogen and oxygen atoms in total. The van der Waals surface area contributed by atoms with Gasteiger partial charge >= 0.3 is 0 Å². The number of amides is 2. The number of rotatable bonds is 7. The van der Waals surface area contributed by atoms with Crippen molar-refractivity contribution in [1.82, 2.24) is 5.32 Å². The number of nitrogens with one attached hydrogen (secondary N) is 1. The molecule has 0 aromatic heterocycles. The predicted octanol–water partition coefficient (Wildman–Crippen LogP) is 2.69. The van der Waals surface area contributed by atoms with Crippen LogP contribution in [0.4, 0.5) is 0 Å². The molecule has 2 amide bonds. The van der Waals surface area contributed by atoms with Gasteiger partial charge in [0, 0.05) is 11.1 Å². The first-order chi connectivity index (χ1) is 12.5. The first-order valence-corrected chi connectivity index (χ1v) is 8.05. The highest BCUT2D eigenvalue weighted by molar-refractivity contribution is 5.98. The number of methoxy groups -OCH3 is 2. The lowest BCUT2D eigenvalue weighted by atomic mass is 10.0. The van der Waals surface area contributed by atoms with Crippen LogP contribution >= 0.6 is 0 Å². The van der Waals surface area contributed by atoms with Crippen LogP contribution < -0.4 is 20.5 Å². The Morgan fingerprint density at radius 3 is 2.35 bits per heavy atom. The average molecular weight is 354 g/mol. The Morgan fingerprint density at radius 1 is 1.12 bits per heavy atom. The number of carbonyl (C=O) groups excluding carboxylic acids is 2. The van der Waals surface area contributed by atoms with Gasteiger partial charge in [-0.25, -0.2) is 0 Å². The zero-order valence-corrected chi connectivity index (χ0v) is 15.0. The number of hydrogen-bond donors (Lipinski definition) is 2. The van der Waals surface area contributed by atoms with Crippen LogP contribution in [-0.2, 0) is 4.79 Å². The Bertz CT molecular complexity index is 816. The largest absolute Gasteiger partial charge is 0.493 e. The lowest BCUT2D eigenvalue weighted by Crippen LogP contribution is -2.37. The third-order valence-corrected chi connectivity index (χ3v) is 3.81. The first kappa shape index (κ1) is 19.1. The predicted molar refractivity (Wildman–Crippen MR) is 100 cm³/mol. The number of benzene rings is 2. The van der Waals surface area contributed by atoms with Gasteiger partial charge in [-0.05, 0) is 24.6 Å². The molecule has 1 atom stereocenters. The van der Waals surface area contributed by atoms with E-state index in [1.54, 1.807) is 42.5 Å². The molecule has 3 N–H and O–H groups in total. The van der Waals surface area contributed by atoms with Crippen LogP contribution in [0, 0.1) is 0 Å². The van der Waals surface area contributed by atoms with E-state index in [1.807, 2.05) is 19.1 Å². The third-order valence-electron chi connectivity index (χ3n) is 3.81. The van der Waals surface area contributed by atoms with Gasteiger partial charge in [-0.2, -0.15) is 0 Å². The Balaban J connectivity index is 2.39. The van der Waals surface area contributed by atoms with Crippen LogP contribution in [0.15, 0.2) is 48.5 Å². The molecule has 0 aliphatic carbocycles. The summed E-state index contributed by atoms with van der Waals surface area (Å²) in [6.07, 6.45) is 3.63. The van der Waals surface area contributed by atoms with E-state index in [9.17, 15) is 9.59 Å². The van der Waals surface area contributed by atoms with Gasteiger partial charge in [0.2, 0.25) is 5.91 Å². The zero-order chi connectivity index (χ0) is 19.1. The molecule has 0 fully saturated rings. The fraction of sp³-hybridized carbons (Fsp3) is 0.200. The van der Waals surface area contributed by atoms with E-state index in [4.69, 9.17) is 15.2 Å². The number of nitrogens with two attached hydrogens (primary N) is 1. The minimum Gasteiger partial charge on any atom is -0.493 e. The Labute approximate surface area is 152 Å². The van der Waals surface area contributed by atoms with Gasteiger partial charge in [-0.1, -0.05) is 42.5 Å². The van der Waals surface area contributed by atoms with E-state index in [0.29, 0.717) is 28.2 Å². The molecule has 2 aromatic carbocycles. The summed E-state index contributed by atoms with van der Waals surface area (Å²) in [6, 6.07) is 11.1. The van der Waals surface area contributed by atoms with Gasteiger partial charge in [0.1, 0.15) is 6.04 Å². The van der Waals surface area contributed by atoms with Crippen LogP contribution in [0.25, 0.3) is 6.08 Å². The summed E-state index contributed by atoms with van der Waals surface area (Å²) in [5.74, 6) is -0.136. The van der Waals surface area contributed by atoms with E-state index in [1.165, 1.54) is 14.2 Å². The van der Waals surface area contributed by atoms with E-state index < -0.39 is 17.9 Å². The monoisotopic (exact) mass is 354 g/mol. The first-order valence-electron chi connectivity index (χ1n) is 8.05. The molecule has 26 heavy (non-hydrogen) atoms. The molecule has 136 valence electrons. The highest BCUT2D eigenvalue weighted by Gasteiger charge is 2.22. The van der Waals surface area contributed by atoms with Crippen LogP contribution in [0.3, 0.4) is 0 Å². The number of carbonyl (C=O) groups is 2. The summed E-state index contributed by atoms with van der Waals surface area (Å²) in [5, 5.41) is 2.67. The minimum atomic E-state index is -0.929. The Morgan fingerprint density at radius 2 is 1.81 bits per heavy atom. The van der Waals surface area contributed by atoms with Crippen LogP contribution in [-0.4, -0.2) is 26.0 Å². The van der Waals surface area contributed by atoms with Crippen molar-refractivity contribution in [3.05, 3.63) is 65.2 Å². The number of primary amides is 1.